The summed E-state index contributed by atoms with van der Waals surface area (Å²) >= 11 is 0. The Bertz CT molecular complexity index is 1160. The van der Waals surface area contributed by atoms with Crippen LogP contribution in [0.15, 0.2) is 23.1 Å². The van der Waals surface area contributed by atoms with Crippen LogP contribution in [0.2, 0.25) is 0 Å². The number of aromatic nitrogens is 4. The first-order valence-corrected chi connectivity index (χ1v) is 10.3. The topological polar surface area (TPSA) is 89.9 Å². The van der Waals surface area contributed by atoms with Crippen molar-refractivity contribution in [3.63, 3.8) is 0 Å². The third-order valence-electron chi connectivity index (χ3n) is 6.27. The number of methoxy groups -OCH3 is 1. The Morgan fingerprint density at radius 3 is 2.86 bits per heavy atom. The minimum atomic E-state index is -0.473. The Labute approximate surface area is 168 Å². The summed E-state index contributed by atoms with van der Waals surface area (Å²) in [5, 5.41) is 6.01. The lowest BCUT2D eigenvalue weighted by Crippen LogP contribution is -2.19. The number of pyridine rings is 2. The Morgan fingerprint density at radius 1 is 1.28 bits per heavy atom. The number of nitrogens with zero attached hydrogens (tertiary/aromatic N) is 3. The highest BCUT2D eigenvalue weighted by molar-refractivity contribution is 5.87. The van der Waals surface area contributed by atoms with Crippen LogP contribution >= 0.6 is 0 Å². The van der Waals surface area contributed by atoms with Crippen LogP contribution in [0.25, 0.3) is 10.9 Å². The van der Waals surface area contributed by atoms with Crippen LogP contribution in [0.3, 0.4) is 0 Å². The zero-order chi connectivity index (χ0) is 20.0. The highest BCUT2D eigenvalue weighted by Gasteiger charge is 2.29. The summed E-state index contributed by atoms with van der Waals surface area (Å²) in [6.07, 6.45) is 9.28. The summed E-state index contributed by atoms with van der Waals surface area (Å²) in [4.78, 5) is 32.0. The average molecular weight is 392 g/mol. The van der Waals surface area contributed by atoms with E-state index < -0.39 is 5.97 Å². The molecule has 0 aromatic carbocycles. The molecule has 2 aliphatic rings. The van der Waals surface area contributed by atoms with Gasteiger partial charge in [0.1, 0.15) is 11.2 Å². The Balaban J connectivity index is 1.65. The molecule has 2 aliphatic carbocycles. The predicted octanol–water partition coefficient (Wildman–Crippen LogP) is 3.10. The lowest BCUT2D eigenvalue weighted by Gasteiger charge is -2.25. The standard InChI is InChI=1S/C22H24N4O3/c1-29-22(28)17-11-13(9-10-23-17)12-26-20-18(19(25-26)14-5-4-6-14)15-7-2-3-8-16(15)24-21(20)27/h9-11,14H,2-8,12H2,1H3,(H,24,27). The second-order valence-corrected chi connectivity index (χ2v) is 8.05. The summed E-state index contributed by atoms with van der Waals surface area (Å²) in [6, 6.07) is 3.55. The molecule has 0 amide bonds. The minimum Gasteiger partial charge on any atom is -0.464 e. The first-order chi connectivity index (χ1) is 14.2. The number of nitrogens with one attached hydrogen (secondary N) is 1. The molecule has 150 valence electrons. The van der Waals surface area contributed by atoms with Crippen molar-refractivity contribution in [3.8, 4) is 0 Å². The van der Waals surface area contributed by atoms with Gasteiger partial charge in [-0.05, 0) is 61.8 Å². The van der Waals surface area contributed by atoms with Crippen molar-refractivity contribution in [2.24, 2.45) is 0 Å². The molecule has 5 rings (SSSR count). The van der Waals surface area contributed by atoms with Gasteiger partial charge < -0.3 is 9.72 Å². The van der Waals surface area contributed by atoms with E-state index in [1.165, 1.54) is 19.1 Å². The van der Waals surface area contributed by atoms with Gasteiger partial charge in [0.2, 0.25) is 0 Å². The maximum atomic E-state index is 13.0. The number of hydrogen-bond acceptors (Lipinski definition) is 5. The van der Waals surface area contributed by atoms with Crippen LogP contribution in [-0.4, -0.2) is 32.8 Å². The van der Waals surface area contributed by atoms with Gasteiger partial charge in [-0.3, -0.25) is 9.48 Å². The number of carbonyl (C=O) groups excluding carboxylic acids is 1. The summed E-state index contributed by atoms with van der Waals surface area (Å²) in [6.45, 7) is 0.414. The SMILES string of the molecule is COC(=O)c1cc(Cn2nc(C3CCC3)c3c4c([nH]c(=O)c32)CCCC4)ccn1. The molecular formula is C22H24N4O3. The fourth-order valence-electron chi connectivity index (χ4n) is 4.57. The largest absolute Gasteiger partial charge is 0.464 e. The van der Waals surface area contributed by atoms with E-state index in [0.717, 1.165) is 60.9 Å². The van der Waals surface area contributed by atoms with Crippen LogP contribution in [0.5, 0.6) is 0 Å². The number of carbonyl (C=O) groups is 1. The normalized spacial score (nSPS) is 16.4. The molecule has 29 heavy (non-hydrogen) atoms. The van der Waals surface area contributed by atoms with Gasteiger partial charge >= 0.3 is 5.97 Å². The molecule has 1 N–H and O–H groups in total. The number of hydrogen-bond donors (Lipinski definition) is 1. The van der Waals surface area contributed by atoms with Crippen LogP contribution in [-0.2, 0) is 24.1 Å². The van der Waals surface area contributed by atoms with Crippen LogP contribution in [0.1, 0.15) is 71.0 Å². The molecule has 1 fully saturated rings. The van der Waals surface area contributed by atoms with Gasteiger partial charge in [0.05, 0.1) is 19.3 Å². The first kappa shape index (κ1) is 18.1. The fraction of sp³-hybridized carbons (Fsp3) is 0.455. The number of esters is 1. The predicted molar refractivity (Wildman–Crippen MR) is 108 cm³/mol. The highest BCUT2D eigenvalue weighted by Crippen LogP contribution is 2.40. The molecule has 0 spiro atoms. The molecule has 0 bridgehead atoms. The first-order valence-electron chi connectivity index (χ1n) is 10.3. The maximum absolute atomic E-state index is 13.0. The fourth-order valence-corrected chi connectivity index (χ4v) is 4.57. The van der Waals surface area contributed by atoms with Gasteiger partial charge in [-0.2, -0.15) is 5.10 Å². The zero-order valence-corrected chi connectivity index (χ0v) is 16.5. The lowest BCUT2D eigenvalue weighted by molar-refractivity contribution is 0.0594. The zero-order valence-electron chi connectivity index (χ0n) is 16.5. The smallest absolute Gasteiger partial charge is 0.356 e. The Kier molecular flexibility index (Phi) is 4.45. The van der Waals surface area contributed by atoms with Gasteiger partial charge in [-0.15, -0.1) is 0 Å². The van der Waals surface area contributed by atoms with Gasteiger partial charge in [0.15, 0.2) is 0 Å². The van der Waals surface area contributed by atoms with E-state index in [0.29, 0.717) is 18.0 Å². The Hall–Kier alpha value is -2.96. The number of aromatic amines is 1. The molecule has 3 aromatic heterocycles. The summed E-state index contributed by atoms with van der Waals surface area (Å²) in [7, 11) is 1.34. The van der Waals surface area contributed by atoms with Crippen molar-refractivity contribution in [2.45, 2.75) is 57.4 Å². The van der Waals surface area contributed by atoms with Crippen LogP contribution in [0, 0.1) is 0 Å². The highest BCUT2D eigenvalue weighted by atomic mass is 16.5. The van der Waals surface area contributed by atoms with E-state index in [2.05, 4.69) is 9.97 Å². The summed E-state index contributed by atoms with van der Waals surface area (Å²) < 4.78 is 6.58. The molecule has 0 aliphatic heterocycles. The lowest BCUT2D eigenvalue weighted by atomic mass is 9.80. The van der Waals surface area contributed by atoms with E-state index in [9.17, 15) is 9.59 Å². The van der Waals surface area contributed by atoms with Crippen molar-refractivity contribution in [1.29, 1.82) is 0 Å². The van der Waals surface area contributed by atoms with E-state index in [-0.39, 0.29) is 11.3 Å². The summed E-state index contributed by atoms with van der Waals surface area (Å²) in [5.74, 6) is -0.0334. The molecule has 7 heteroatoms. The van der Waals surface area contributed by atoms with Crippen molar-refractivity contribution in [1.82, 2.24) is 19.7 Å². The van der Waals surface area contributed by atoms with Gasteiger partial charge in [-0.1, -0.05) is 6.42 Å². The van der Waals surface area contributed by atoms with E-state index in [1.807, 2.05) is 10.7 Å². The molecular weight excluding hydrogens is 368 g/mol. The average Bonchev–Trinajstić information content (AvgIpc) is 3.06. The summed E-state index contributed by atoms with van der Waals surface area (Å²) in [5.41, 5.74) is 5.16. The van der Waals surface area contributed by atoms with Crippen LogP contribution < -0.4 is 5.56 Å². The van der Waals surface area contributed by atoms with E-state index >= 15 is 0 Å². The third kappa shape index (κ3) is 3.05. The third-order valence-corrected chi connectivity index (χ3v) is 6.27. The van der Waals surface area contributed by atoms with Gasteiger partial charge in [0, 0.05) is 23.2 Å². The molecule has 7 nitrogen and oxygen atoms in total. The number of aryl methyl sites for hydroxylation is 2. The quantitative estimate of drug-likeness (QED) is 0.689. The number of H-pyrrole nitrogens is 1. The number of ether oxygens (including phenoxy) is 1. The van der Waals surface area contributed by atoms with Crippen molar-refractivity contribution in [3.05, 3.63) is 56.9 Å². The maximum Gasteiger partial charge on any atom is 0.356 e. The van der Waals surface area contributed by atoms with Gasteiger partial charge in [0.25, 0.3) is 5.56 Å². The van der Waals surface area contributed by atoms with Crippen LogP contribution in [0.4, 0.5) is 0 Å². The van der Waals surface area contributed by atoms with E-state index in [4.69, 9.17) is 9.84 Å². The monoisotopic (exact) mass is 392 g/mol. The number of rotatable bonds is 4. The second kappa shape index (κ2) is 7.13. The number of fused-ring (bicyclic) bond motifs is 3. The minimum absolute atomic E-state index is 0.0685. The molecule has 1 saturated carbocycles. The van der Waals surface area contributed by atoms with Crippen molar-refractivity contribution < 1.29 is 9.53 Å². The molecule has 3 aromatic rings. The molecule has 0 radical (unpaired) electrons. The van der Waals surface area contributed by atoms with E-state index in [1.54, 1.807) is 12.3 Å². The molecule has 0 saturated heterocycles. The molecule has 0 unspecified atom stereocenters. The Morgan fingerprint density at radius 2 is 2.10 bits per heavy atom. The van der Waals surface area contributed by atoms with Gasteiger partial charge in [-0.25, -0.2) is 9.78 Å². The molecule has 0 atom stereocenters. The van der Waals surface area contributed by atoms with Crippen molar-refractivity contribution >= 4 is 16.9 Å². The molecule has 3 heterocycles. The second-order valence-electron chi connectivity index (χ2n) is 8.05. The van der Waals surface area contributed by atoms with Crippen molar-refractivity contribution in [2.75, 3.05) is 7.11 Å².